The van der Waals surface area contributed by atoms with E-state index in [9.17, 15) is 29.8 Å². The Labute approximate surface area is 186 Å². The third-order valence-corrected chi connectivity index (χ3v) is 4.35. The van der Waals surface area contributed by atoms with E-state index < -0.39 is 32.2 Å². The first-order valence-corrected chi connectivity index (χ1v) is 9.65. The molecule has 1 atom stereocenters. The summed E-state index contributed by atoms with van der Waals surface area (Å²) in [4.78, 5) is 37.1. The van der Waals surface area contributed by atoms with Crippen LogP contribution in [0.25, 0.3) is 0 Å². The molecule has 7 N–H and O–H groups in total. The number of rotatable bonds is 8. The zero-order valence-electron chi connectivity index (χ0n) is 15.9. The maximum Gasteiger partial charge on any atom is 0.469 e. The summed E-state index contributed by atoms with van der Waals surface area (Å²) in [5.41, 5.74) is 0.684. The summed E-state index contributed by atoms with van der Waals surface area (Å²) in [5.74, 6) is -2.38. The molecule has 0 saturated carbocycles. The maximum absolute atomic E-state index is 11.5. The van der Waals surface area contributed by atoms with Gasteiger partial charge in [0.15, 0.2) is 17.5 Å². The molecule has 0 bridgehead atoms. The van der Waals surface area contributed by atoms with Crippen molar-refractivity contribution in [1.29, 1.82) is 0 Å². The van der Waals surface area contributed by atoms with Crippen molar-refractivity contribution in [3.63, 3.8) is 0 Å². The van der Waals surface area contributed by atoms with Crippen LogP contribution in [0.4, 0.5) is 0 Å². The molecule has 14 heteroatoms. The Kier molecular flexibility index (Phi) is 10.8. The minimum absolute atomic E-state index is 0. The number of carboxylic acid groups (broad SMARTS) is 1. The Hall–Kier alpha value is -2.50. The van der Waals surface area contributed by atoms with Crippen LogP contribution in [-0.4, -0.2) is 58.9 Å². The van der Waals surface area contributed by atoms with Gasteiger partial charge in [0.25, 0.3) is 0 Å². The van der Waals surface area contributed by atoms with Crippen molar-refractivity contribution in [3.05, 3.63) is 46.8 Å². The van der Waals surface area contributed by atoms with Crippen LogP contribution in [0.15, 0.2) is 29.4 Å². The van der Waals surface area contributed by atoms with Gasteiger partial charge >= 0.3 is 13.8 Å². The summed E-state index contributed by atoms with van der Waals surface area (Å²) in [6.45, 7) is 0.893. The van der Waals surface area contributed by atoms with E-state index in [1.165, 1.54) is 31.3 Å². The van der Waals surface area contributed by atoms with Gasteiger partial charge in [-0.2, -0.15) is 0 Å². The summed E-state index contributed by atoms with van der Waals surface area (Å²) in [6.07, 6.45) is 2.15. The first-order valence-electron chi connectivity index (χ1n) is 8.12. The molecule has 1 heterocycles. The number of nitrogens with zero attached hydrogens (tertiary/aromatic N) is 2. The smallest absolute Gasteiger partial charge is 0.469 e. The van der Waals surface area contributed by atoms with Gasteiger partial charge in [-0.15, -0.1) is 0 Å². The largest absolute Gasteiger partial charge is 0.870 e. The van der Waals surface area contributed by atoms with Crippen LogP contribution in [-0.2, 0) is 44.0 Å². The van der Waals surface area contributed by atoms with Crippen LogP contribution in [0.1, 0.15) is 22.4 Å². The zero-order chi connectivity index (χ0) is 21.8. The molecule has 12 nitrogen and oxygen atoms in total. The second kappa shape index (κ2) is 11.8. The Bertz CT molecular complexity index is 995. The van der Waals surface area contributed by atoms with E-state index in [2.05, 4.69) is 14.5 Å². The molecule has 0 aliphatic rings. The number of aromatic nitrogens is 1. The van der Waals surface area contributed by atoms with Crippen LogP contribution in [0.5, 0.6) is 17.2 Å². The Morgan fingerprint density at radius 3 is 2.45 bits per heavy atom. The number of carboxylic acids is 1. The molecule has 1 aromatic heterocycles. The number of phenolic OH excluding ortho intramolecular Hbond substituents is 2. The molecule has 0 amide bonds. The number of hydrogen-bond donors (Lipinski definition) is 6. The van der Waals surface area contributed by atoms with E-state index in [4.69, 9.17) is 9.79 Å². The molecular weight excluding hydrogens is 487 g/mol. The number of benzene rings is 1. The second-order valence-corrected chi connectivity index (χ2v) is 7.29. The zero-order valence-corrected chi connectivity index (χ0v) is 17.7. The van der Waals surface area contributed by atoms with Crippen molar-refractivity contribution < 1.29 is 66.6 Å². The van der Waals surface area contributed by atoms with Crippen LogP contribution >= 0.6 is 7.82 Å². The van der Waals surface area contributed by atoms with Crippen molar-refractivity contribution >= 4 is 20.0 Å². The van der Waals surface area contributed by atoms with Crippen molar-refractivity contribution in [2.45, 2.75) is 26.0 Å². The molecule has 2 aromatic rings. The van der Waals surface area contributed by atoms with Gasteiger partial charge in [-0.1, -0.05) is 6.07 Å². The summed E-state index contributed by atoms with van der Waals surface area (Å²) in [7, 11) is -4.78. The number of aryl methyl sites for hydroxylation is 1. The minimum atomic E-state index is -4.78. The van der Waals surface area contributed by atoms with Crippen LogP contribution in [0.3, 0.4) is 0 Å². The predicted octanol–water partition coefficient (Wildman–Crippen LogP) is 1.05. The van der Waals surface area contributed by atoms with Gasteiger partial charge in [-0.25, -0.2) is 9.36 Å². The SMILES string of the molecule is Cc1ncc(COP(=O)(O)O)c(C=NC(Cc2ccc(O)c(O)c2)C(=O)O)c1O.[Cu].[OH-]. The monoisotopic (exact) mass is 506 g/mol. The average molecular weight is 507 g/mol. The van der Waals surface area contributed by atoms with Gasteiger partial charge < -0.3 is 35.7 Å². The van der Waals surface area contributed by atoms with Crippen LogP contribution < -0.4 is 0 Å². The first-order chi connectivity index (χ1) is 13.5. The Morgan fingerprint density at radius 1 is 1.26 bits per heavy atom. The molecule has 1 unspecified atom stereocenters. The van der Waals surface area contributed by atoms with Crippen molar-refractivity contribution in [2.75, 3.05) is 0 Å². The minimum Gasteiger partial charge on any atom is -0.870 e. The van der Waals surface area contributed by atoms with Gasteiger partial charge in [0.2, 0.25) is 0 Å². The van der Waals surface area contributed by atoms with Gasteiger partial charge in [0, 0.05) is 47.0 Å². The third kappa shape index (κ3) is 8.27. The van der Waals surface area contributed by atoms with Gasteiger partial charge in [0.05, 0.1) is 12.3 Å². The third-order valence-electron chi connectivity index (χ3n) is 3.88. The van der Waals surface area contributed by atoms with E-state index in [1.807, 2.05) is 0 Å². The Morgan fingerprint density at radius 2 is 1.90 bits per heavy atom. The number of carbonyl (C=O) groups is 1. The molecule has 1 aromatic carbocycles. The normalized spacial score (nSPS) is 12.1. The Balaban J connectivity index is 0.00000450. The van der Waals surface area contributed by atoms with Gasteiger partial charge in [0.1, 0.15) is 5.75 Å². The van der Waals surface area contributed by atoms with E-state index in [1.54, 1.807) is 0 Å². The van der Waals surface area contributed by atoms with Crippen LogP contribution in [0.2, 0.25) is 0 Å². The van der Waals surface area contributed by atoms with E-state index in [0.29, 0.717) is 5.56 Å². The molecule has 0 spiro atoms. The number of phosphoric ester groups is 1. The molecule has 0 aliphatic carbocycles. The summed E-state index contributed by atoms with van der Waals surface area (Å²) < 4.78 is 15.3. The average Bonchev–Trinajstić information content (AvgIpc) is 2.62. The molecule has 2 rings (SSSR count). The molecule has 0 saturated heterocycles. The molecular formula is C17H20CuN2O10P-. The topological polar surface area (TPSA) is 220 Å². The second-order valence-electron chi connectivity index (χ2n) is 6.05. The maximum atomic E-state index is 11.5. The number of aliphatic imine (C=N–C) groups is 1. The van der Waals surface area contributed by atoms with Gasteiger partial charge in [-0.3, -0.25) is 14.5 Å². The standard InChI is InChI=1S/C17H19N2O9P.Cu.H2O/c1-9-16(22)12(11(6-18-9)8-28-29(25,26)27)7-19-13(17(23)24)4-10-2-3-14(20)15(21)5-10;;/h2-3,5-7,13,20-22H,4,8H2,1H3,(H,23,24)(H2,25,26,27);;1H2/p-1. The summed E-state index contributed by atoms with van der Waals surface area (Å²) >= 11 is 0. The number of aromatic hydroxyl groups is 3. The number of aliphatic carboxylic acids is 1. The number of phosphoric acid groups is 1. The molecule has 0 aliphatic heterocycles. The van der Waals surface area contributed by atoms with E-state index in [-0.39, 0.29) is 57.3 Å². The fourth-order valence-electron chi connectivity index (χ4n) is 2.35. The fourth-order valence-corrected chi connectivity index (χ4v) is 2.66. The first kappa shape index (κ1) is 28.5. The molecule has 175 valence electrons. The molecule has 0 fully saturated rings. The molecule has 31 heavy (non-hydrogen) atoms. The fraction of sp³-hybridized carbons (Fsp3) is 0.235. The summed E-state index contributed by atoms with van der Waals surface area (Å²) in [5, 5.41) is 38.5. The van der Waals surface area contributed by atoms with Gasteiger partial charge in [-0.05, 0) is 24.6 Å². The van der Waals surface area contributed by atoms with Crippen molar-refractivity contribution in [1.82, 2.24) is 4.98 Å². The molecule has 1 radical (unpaired) electrons. The van der Waals surface area contributed by atoms with Crippen molar-refractivity contribution in [2.24, 2.45) is 4.99 Å². The van der Waals surface area contributed by atoms with Crippen molar-refractivity contribution in [3.8, 4) is 17.2 Å². The predicted molar refractivity (Wildman–Crippen MR) is 102 cm³/mol. The number of pyridine rings is 1. The summed E-state index contributed by atoms with van der Waals surface area (Å²) in [6, 6.07) is 2.53. The quantitative estimate of drug-likeness (QED) is 0.128. The van der Waals surface area contributed by atoms with E-state index in [0.717, 1.165) is 6.21 Å². The number of hydrogen-bond acceptors (Lipinski definition) is 9. The number of phenols is 2. The van der Waals surface area contributed by atoms with E-state index >= 15 is 0 Å². The van der Waals surface area contributed by atoms with Crippen LogP contribution in [0, 0.1) is 6.92 Å².